The van der Waals surface area contributed by atoms with E-state index >= 15 is 0 Å². The Balaban J connectivity index is 1.25. The van der Waals surface area contributed by atoms with Gasteiger partial charge in [0.15, 0.2) is 0 Å². The molecule has 0 saturated heterocycles. The summed E-state index contributed by atoms with van der Waals surface area (Å²) < 4.78 is 0. The highest BCUT2D eigenvalue weighted by molar-refractivity contribution is 6.24. The van der Waals surface area contributed by atoms with Gasteiger partial charge in [-0.25, -0.2) is 0 Å². The molecule has 1 aliphatic carbocycles. The van der Waals surface area contributed by atoms with Crippen LogP contribution in [0.4, 0.5) is 0 Å². The van der Waals surface area contributed by atoms with Crippen LogP contribution < -0.4 is 0 Å². The average Bonchev–Trinajstić information content (AvgIpc) is 3.45. The summed E-state index contributed by atoms with van der Waals surface area (Å²) in [6.45, 7) is 4.78. The van der Waals surface area contributed by atoms with Crippen LogP contribution in [-0.2, 0) is 5.41 Å². The van der Waals surface area contributed by atoms with Gasteiger partial charge in [0.05, 0.1) is 0 Å². The maximum atomic E-state index is 2.52. The van der Waals surface area contributed by atoms with Crippen LogP contribution in [0, 0.1) is 0 Å². The van der Waals surface area contributed by atoms with Gasteiger partial charge in [-0.3, -0.25) is 0 Å². The maximum Gasteiger partial charge on any atom is 0.0159 e. The highest BCUT2D eigenvalue weighted by Crippen LogP contribution is 2.54. The molecule has 0 spiro atoms. The van der Waals surface area contributed by atoms with Crippen LogP contribution >= 0.6 is 0 Å². The summed E-state index contributed by atoms with van der Waals surface area (Å²) in [5.74, 6) is 0. The lowest BCUT2D eigenvalue weighted by atomic mass is 9.79. The van der Waals surface area contributed by atoms with Crippen LogP contribution in [0.25, 0.3) is 98.4 Å². The molecular weight excluding hydrogens is 637 g/mol. The van der Waals surface area contributed by atoms with Crippen molar-refractivity contribution in [1.82, 2.24) is 0 Å². The molecule has 0 fully saturated rings. The SMILES string of the molecule is CC1(C)c2ccccc2-c2c1cc(-c1cc(-c3c4ccccc4c(-c4cccc5ccccc45)c4ccccc34)cc3ccccc13)c1ccccc21. The van der Waals surface area contributed by atoms with Gasteiger partial charge >= 0.3 is 0 Å². The summed E-state index contributed by atoms with van der Waals surface area (Å²) in [6, 6.07) is 68.0. The van der Waals surface area contributed by atoms with Gasteiger partial charge in [0.25, 0.3) is 0 Å². The van der Waals surface area contributed by atoms with Crippen LogP contribution in [0.1, 0.15) is 25.0 Å². The first kappa shape index (κ1) is 30.2. The van der Waals surface area contributed by atoms with Gasteiger partial charge in [-0.05, 0) is 128 Å². The molecule has 248 valence electrons. The molecule has 10 aromatic rings. The fourth-order valence-electron chi connectivity index (χ4n) is 9.62. The second-order valence-corrected chi connectivity index (χ2v) is 15.2. The van der Waals surface area contributed by atoms with Crippen molar-refractivity contribution < 1.29 is 0 Å². The third-order valence-electron chi connectivity index (χ3n) is 12.0. The molecule has 0 aliphatic heterocycles. The lowest BCUT2D eigenvalue weighted by Gasteiger charge is -2.24. The Bertz CT molecular complexity index is 3080. The first-order valence-electron chi connectivity index (χ1n) is 18.7. The molecule has 0 radical (unpaired) electrons. The minimum atomic E-state index is -0.109. The van der Waals surface area contributed by atoms with E-state index in [1.54, 1.807) is 0 Å². The summed E-state index contributed by atoms with van der Waals surface area (Å²) in [7, 11) is 0. The van der Waals surface area contributed by atoms with E-state index in [1.165, 1.54) is 109 Å². The molecular formula is C53H36. The van der Waals surface area contributed by atoms with E-state index in [1.807, 2.05) is 0 Å². The van der Waals surface area contributed by atoms with Crippen LogP contribution in [0.2, 0.25) is 0 Å². The molecule has 11 rings (SSSR count). The molecule has 10 aromatic carbocycles. The number of fused-ring (bicyclic) bond motifs is 9. The molecule has 53 heavy (non-hydrogen) atoms. The maximum absolute atomic E-state index is 2.52. The summed E-state index contributed by atoms with van der Waals surface area (Å²) in [5.41, 5.74) is 13.1. The number of hydrogen-bond acceptors (Lipinski definition) is 0. The molecule has 0 heterocycles. The van der Waals surface area contributed by atoms with E-state index in [-0.39, 0.29) is 5.41 Å². The van der Waals surface area contributed by atoms with E-state index in [0.29, 0.717) is 0 Å². The molecule has 0 amide bonds. The zero-order valence-corrected chi connectivity index (χ0v) is 29.8. The normalized spacial score (nSPS) is 13.2. The van der Waals surface area contributed by atoms with Crippen LogP contribution in [-0.4, -0.2) is 0 Å². The third-order valence-corrected chi connectivity index (χ3v) is 12.0. The molecule has 0 unspecified atom stereocenters. The summed E-state index contributed by atoms with van der Waals surface area (Å²) >= 11 is 0. The Labute approximate surface area is 309 Å². The zero-order chi connectivity index (χ0) is 35.3. The number of rotatable bonds is 3. The Hall–Kier alpha value is -6.50. The van der Waals surface area contributed by atoms with Gasteiger partial charge in [-0.1, -0.05) is 178 Å². The van der Waals surface area contributed by atoms with E-state index < -0.39 is 0 Å². The quantitative estimate of drug-likeness (QED) is 0.164. The Kier molecular flexibility index (Phi) is 6.40. The van der Waals surface area contributed by atoms with Gasteiger partial charge in [-0.2, -0.15) is 0 Å². The molecule has 0 atom stereocenters. The predicted molar refractivity (Wildman–Crippen MR) is 228 cm³/mol. The number of hydrogen-bond donors (Lipinski definition) is 0. The molecule has 0 saturated carbocycles. The van der Waals surface area contributed by atoms with E-state index in [0.717, 1.165) is 0 Å². The lowest BCUT2D eigenvalue weighted by molar-refractivity contribution is 0.661. The highest BCUT2D eigenvalue weighted by atomic mass is 14.4. The smallest absolute Gasteiger partial charge is 0.0159 e. The average molecular weight is 673 g/mol. The fraction of sp³-hybridized carbons (Fsp3) is 0.0566. The number of benzene rings is 10. The van der Waals surface area contributed by atoms with Crippen molar-refractivity contribution in [3.63, 3.8) is 0 Å². The van der Waals surface area contributed by atoms with Gasteiger partial charge in [0.1, 0.15) is 0 Å². The van der Waals surface area contributed by atoms with Crippen LogP contribution in [0.5, 0.6) is 0 Å². The van der Waals surface area contributed by atoms with Crippen molar-refractivity contribution in [3.8, 4) is 44.5 Å². The van der Waals surface area contributed by atoms with E-state index in [9.17, 15) is 0 Å². The van der Waals surface area contributed by atoms with Gasteiger partial charge in [-0.15, -0.1) is 0 Å². The van der Waals surface area contributed by atoms with Crippen molar-refractivity contribution in [2.45, 2.75) is 19.3 Å². The molecule has 0 nitrogen and oxygen atoms in total. The van der Waals surface area contributed by atoms with E-state index in [4.69, 9.17) is 0 Å². The summed E-state index contributed by atoms with van der Waals surface area (Å²) in [4.78, 5) is 0. The molecule has 0 heteroatoms. The van der Waals surface area contributed by atoms with Crippen molar-refractivity contribution >= 4 is 53.9 Å². The fourth-order valence-corrected chi connectivity index (χ4v) is 9.62. The standard InChI is InChI=1S/C53H36/c1-53(2)48-29-14-13-27-45(48)52-40-22-8-7-21-38(40)47(32-49(52)53)46-31-35(30-34-17-4-6-20-37(34)46)50-41-23-9-11-25-43(41)51(44-26-12-10-24-42(44)50)39-28-15-18-33-16-3-5-19-36(33)39/h3-32H,1-2H3. The predicted octanol–water partition coefficient (Wildman–Crippen LogP) is 14.8. The van der Waals surface area contributed by atoms with E-state index in [2.05, 4.69) is 196 Å². The Morgan fingerprint density at radius 3 is 1.42 bits per heavy atom. The topological polar surface area (TPSA) is 0 Å². The summed E-state index contributed by atoms with van der Waals surface area (Å²) in [6.07, 6.45) is 0. The lowest BCUT2D eigenvalue weighted by Crippen LogP contribution is -2.15. The Morgan fingerprint density at radius 1 is 0.283 bits per heavy atom. The summed E-state index contributed by atoms with van der Waals surface area (Å²) in [5, 5.41) is 12.8. The Morgan fingerprint density at radius 2 is 0.736 bits per heavy atom. The molecule has 0 N–H and O–H groups in total. The zero-order valence-electron chi connectivity index (χ0n) is 29.8. The third kappa shape index (κ3) is 4.30. The monoisotopic (exact) mass is 672 g/mol. The second-order valence-electron chi connectivity index (χ2n) is 15.2. The first-order chi connectivity index (χ1) is 26.1. The minimum absolute atomic E-state index is 0.109. The van der Waals surface area contributed by atoms with Crippen molar-refractivity contribution in [2.24, 2.45) is 0 Å². The van der Waals surface area contributed by atoms with Crippen molar-refractivity contribution in [1.29, 1.82) is 0 Å². The van der Waals surface area contributed by atoms with Gasteiger partial charge in [0, 0.05) is 5.41 Å². The van der Waals surface area contributed by atoms with Gasteiger partial charge < -0.3 is 0 Å². The largest absolute Gasteiger partial charge is 0.0619 e. The minimum Gasteiger partial charge on any atom is -0.0619 e. The molecule has 0 aromatic heterocycles. The second kappa shape index (κ2) is 11.2. The highest BCUT2D eigenvalue weighted by Gasteiger charge is 2.37. The molecule has 1 aliphatic rings. The van der Waals surface area contributed by atoms with Crippen LogP contribution in [0.3, 0.4) is 0 Å². The van der Waals surface area contributed by atoms with Crippen LogP contribution in [0.15, 0.2) is 182 Å². The van der Waals surface area contributed by atoms with Crippen molar-refractivity contribution in [3.05, 3.63) is 193 Å². The first-order valence-corrected chi connectivity index (χ1v) is 18.7. The van der Waals surface area contributed by atoms with Gasteiger partial charge in [0.2, 0.25) is 0 Å². The van der Waals surface area contributed by atoms with Crippen molar-refractivity contribution in [2.75, 3.05) is 0 Å². The molecule has 0 bridgehead atoms.